The fourth-order valence-electron chi connectivity index (χ4n) is 1.11. The van der Waals surface area contributed by atoms with Gasteiger partial charge in [-0.2, -0.15) is 0 Å². The summed E-state index contributed by atoms with van der Waals surface area (Å²) in [5.74, 6) is -1.06. The van der Waals surface area contributed by atoms with Gasteiger partial charge in [-0.3, -0.25) is 9.78 Å². The van der Waals surface area contributed by atoms with E-state index in [0.717, 1.165) is 0 Å². The summed E-state index contributed by atoms with van der Waals surface area (Å²) in [5.41, 5.74) is 0.545. The molecule has 0 saturated carbocycles. The second-order valence-corrected chi connectivity index (χ2v) is 3.03. The van der Waals surface area contributed by atoms with Crippen LogP contribution in [0.4, 0.5) is 0 Å². The average Bonchev–Trinajstić information content (AvgIpc) is 2.35. The molecule has 0 radical (unpaired) electrons. The number of ether oxygens (including phenoxy) is 2. The van der Waals surface area contributed by atoms with Crippen molar-refractivity contribution >= 4 is 11.9 Å². The van der Waals surface area contributed by atoms with Crippen LogP contribution >= 0.6 is 0 Å². The Balaban J connectivity index is 2.88. The Kier molecular flexibility index (Phi) is 4.44. The molecule has 0 fully saturated rings. The summed E-state index contributed by atoms with van der Waals surface area (Å²) < 4.78 is 9.57. The number of carbonyl (C=O) groups excluding carboxylic acids is 2. The molecule has 1 aromatic heterocycles. The molecular formula is C11H13NO4. The minimum Gasteiger partial charge on any atom is -0.466 e. The van der Waals surface area contributed by atoms with Gasteiger partial charge in [0.15, 0.2) is 0 Å². The van der Waals surface area contributed by atoms with Gasteiger partial charge >= 0.3 is 11.9 Å². The largest absolute Gasteiger partial charge is 0.466 e. The Labute approximate surface area is 93.4 Å². The highest BCUT2D eigenvalue weighted by Crippen LogP contribution is 2.18. The Morgan fingerprint density at radius 3 is 2.50 bits per heavy atom. The van der Waals surface area contributed by atoms with Crippen LogP contribution in [0.5, 0.6) is 0 Å². The van der Waals surface area contributed by atoms with Crippen LogP contribution in [0.15, 0.2) is 24.5 Å². The van der Waals surface area contributed by atoms with Crippen molar-refractivity contribution in [1.29, 1.82) is 0 Å². The van der Waals surface area contributed by atoms with E-state index in [1.807, 2.05) is 0 Å². The summed E-state index contributed by atoms with van der Waals surface area (Å²) in [6.45, 7) is 1.66. The highest BCUT2D eigenvalue weighted by atomic mass is 16.6. The molecule has 0 spiro atoms. The van der Waals surface area contributed by atoms with Crippen molar-refractivity contribution in [2.75, 3.05) is 7.11 Å². The van der Waals surface area contributed by atoms with Gasteiger partial charge in [0.1, 0.15) is 0 Å². The normalized spacial score (nSPS) is 11.6. The highest BCUT2D eigenvalue weighted by Gasteiger charge is 2.24. The van der Waals surface area contributed by atoms with Crippen molar-refractivity contribution < 1.29 is 19.1 Å². The van der Waals surface area contributed by atoms with E-state index < -0.39 is 18.0 Å². The molecule has 0 aromatic carbocycles. The average molecular weight is 223 g/mol. The number of hydrogen-bond acceptors (Lipinski definition) is 5. The summed E-state index contributed by atoms with van der Waals surface area (Å²) in [4.78, 5) is 26.4. The fraction of sp³-hybridized carbons (Fsp3) is 0.364. The molecule has 1 heterocycles. The van der Waals surface area contributed by atoms with E-state index >= 15 is 0 Å². The van der Waals surface area contributed by atoms with E-state index in [4.69, 9.17) is 4.74 Å². The molecular weight excluding hydrogens is 210 g/mol. The molecule has 0 N–H and O–H groups in total. The molecule has 5 nitrogen and oxygen atoms in total. The molecule has 0 aliphatic rings. The number of carbonyl (C=O) groups is 2. The van der Waals surface area contributed by atoms with Gasteiger partial charge in [0.2, 0.25) is 6.10 Å². The van der Waals surface area contributed by atoms with Crippen molar-refractivity contribution in [3.8, 4) is 0 Å². The summed E-state index contributed by atoms with van der Waals surface area (Å²) in [5, 5.41) is 0. The van der Waals surface area contributed by atoms with Crippen molar-refractivity contribution in [3.05, 3.63) is 30.1 Å². The second-order valence-electron chi connectivity index (χ2n) is 3.03. The van der Waals surface area contributed by atoms with Gasteiger partial charge in [0.05, 0.1) is 7.11 Å². The maximum Gasteiger partial charge on any atom is 0.351 e. The first kappa shape index (κ1) is 12.2. The van der Waals surface area contributed by atoms with Crippen molar-refractivity contribution in [2.24, 2.45) is 0 Å². The second kappa shape index (κ2) is 5.85. The summed E-state index contributed by atoms with van der Waals surface area (Å²) in [6.07, 6.45) is 2.23. The highest BCUT2D eigenvalue weighted by molar-refractivity contribution is 5.80. The Hall–Kier alpha value is -1.91. The lowest BCUT2D eigenvalue weighted by atomic mass is 10.1. The topological polar surface area (TPSA) is 65.5 Å². The molecule has 1 atom stereocenters. The van der Waals surface area contributed by atoms with Crippen LogP contribution in [0.1, 0.15) is 25.0 Å². The number of methoxy groups -OCH3 is 1. The third kappa shape index (κ3) is 3.05. The van der Waals surface area contributed by atoms with Gasteiger partial charge in [-0.1, -0.05) is 6.92 Å². The molecule has 86 valence electrons. The van der Waals surface area contributed by atoms with Crippen molar-refractivity contribution in [1.82, 2.24) is 4.98 Å². The molecule has 0 aliphatic heterocycles. The Bertz CT molecular complexity index is 364. The lowest BCUT2D eigenvalue weighted by molar-refractivity contribution is -0.166. The van der Waals surface area contributed by atoms with E-state index in [1.54, 1.807) is 19.1 Å². The fourth-order valence-corrected chi connectivity index (χ4v) is 1.11. The monoisotopic (exact) mass is 223 g/mol. The number of rotatable bonds is 4. The molecule has 0 saturated heterocycles. The zero-order valence-electron chi connectivity index (χ0n) is 9.17. The van der Waals surface area contributed by atoms with Gasteiger partial charge < -0.3 is 9.47 Å². The number of pyridine rings is 1. The van der Waals surface area contributed by atoms with E-state index in [-0.39, 0.29) is 6.42 Å². The van der Waals surface area contributed by atoms with Crippen molar-refractivity contribution in [3.63, 3.8) is 0 Å². The summed E-state index contributed by atoms with van der Waals surface area (Å²) >= 11 is 0. The predicted octanol–water partition coefficient (Wildman–Crippen LogP) is 1.25. The van der Waals surface area contributed by atoms with Crippen molar-refractivity contribution in [2.45, 2.75) is 19.4 Å². The molecule has 0 amide bonds. The lowest BCUT2D eigenvalue weighted by Gasteiger charge is -2.15. The Morgan fingerprint density at radius 2 is 2.00 bits per heavy atom. The first-order valence-corrected chi connectivity index (χ1v) is 4.86. The maximum atomic E-state index is 11.4. The number of hydrogen-bond donors (Lipinski definition) is 0. The van der Waals surface area contributed by atoms with Gasteiger partial charge in [0.25, 0.3) is 0 Å². The van der Waals surface area contributed by atoms with Crippen LogP contribution in [-0.2, 0) is 19.1 Å². The zero-order valence-corrected chi connectivity index (χ0v) is 9.17. The van der Waals surface area contributed by atoms with Gasteiger partial charge in [0, 0.05) is 24.4 Å². The minimum atomic E-state index is -1.01. The molecule has 1 aromatic rings. The third-order valence-corrected chi connectivity index (χ3v) is 1.96. The Morgan fingerprint density at radius 1 is 1.38 bits per heavy atom. The van der Waals surface area contributed by atoms with Crippen LogP contribution in [-0.4, -0.2) is 24.0 Å². The predicted molar refractivity (Wildman–Crippen MR) is 55.4 cm³/mol. The van der Waals surface area contributed by atoms with Gasteiger partial charge in [-0.25, -0.2) is 4.79 Å². The number of esters is 2. The van der Waals surface area contributed by atoms with Crippen LogP contribution in [0.25, 0.3) is 0 Å². The maximum absolute atomic E-state index is 11.4. The molecule has 16 heavy (non-hydrogen) atoms. The summed E-state index contributed by atoms with van der Waals surface area (Å²) in [6, 6.07) is 3.20. The summed E-state index contributed by atoms with van der Waals surface area (Å²) in [7, 11) is 1.25. The van der Waals surface area contributed by atoms with Gasteiger partial charge in [-0.15, -0.1) is 0 Å². The SMILES string of the molecule is CCC(=O)OC(C(=O)OC)c1ccncc1. The molecule has 0 bridgehead atoms. The van der Waals surface area contributed by atoms with Crippen LogP contribution in [0, 0.1) is 0 Å². The molecule has 0 aliphatic carbocycles. The van der Waals surface area contributed by atoms with E-state index in [9.17, 15) is 9.59 Å². The van der Waals surface area contributed by atoms with Crippen LogP contribution in [0.3, 0.4) is 0 Å². The quantitative estimate of drug-likeness (QED) is 0.719. The molecule has 1 unspecified atom stereocenters. The van der Waals surface area contributed by atoms with E-state index in [0.29, 0.717) is 5.56 Å². The first-order chi connectivity index (χ1) is 7.69. The smallest absolute Gasteiger partial charge is 0.351 e. The molecule has 1 rings (SSSR count). The van der Waals surface area contributed by atoms with Gasteiger partial charge in [-0.05, 0) is 12.1 Å². The number of aromatic nitrogens is 1. The lowest BCUT2D eigenvalue weighted by Crippen LogP contribution is -2.20. The molecule has 5 heteroatoms. The van der Waals surface area contributed by atoms with Crippen LogP contribution in [0.2, 0.25) is 0 Å². The third-order valence-electron chi connectivity index (χ3n) is 1.96. The number of nitrogens with zero attached hydrogens (tertiary/aromatic N) is 1. The van der Waals surface area contributed by atoms with E-state index in [1.165, 1.54) is 19.5 Å². The minimum absolute atomic E-state index is 0.207. The standard InChI is InChI=1S/C11H13NO4/c1-3-9(13)16-10(11(14)15-2)8-4-6-12-7-5-8/h4-7,10H,3H2,1-2H3. The first-order valence-electron chi connectivity index (χ1n) is 4.86. The van der Waals surface area contributed by atoms with Crippen LogP contribution < -0.4 is 0 Å². The zero-order chi connectivity index (χ0) is 12.0. The van der Waals surface area contributed by atoms with E-state index in [2.05, 4.69) is 9.72 Å².